The Hall–Kier alpha value is -2.10. The number of hydrogen-bond acceptors (Lipinski definition) is 3. The van der Waals surface area contributed by atoms with E-state index in [-0.39, 0.29) is 5.91 Å². The summed E-state index contributed by atoms with van der Waals surface area (Å²) < 4.78 is 5.30. The number of aromatic nitrogens is 1. The number of carbonyl (C=O) groups is 1. The predicted molar refractivity (Wildman–Crippen MR) is 76.8 cm³/mol. The Morgan fingerprint density at radius 2 is 2.10 bits per heavy atom. The van der Waals surface area contributed by atoms with E-state index in [9.17, 15) is 4.79 Å². The molecule has 0 spiro atoms. The van der Waals surface area contributed by atoms with E-state index >= 15 is 0 Å². The molecule has 1 aliphatic carbocycles. The molecule has 1 heterocycles. The van der Waals surface area contributed by atoms with Gasteiger partial charge in [-0.25, -0.2) is 0 Å². The third-order valence-corrected chi connectivity index (χ3v) is 3.81. The van der Waals surface area contributed by atoms with Crippen molar-refractivity contribution >= 4 is 11.6 Å². The molecule has 0 saturated heterocycles. The topological polar surface area (TPSA) is 55.1 Å². The van der Waals surface area contributed by atoms with Crippen molar-refractivity contribution in [3.8, 4) is 0 Å². The highest BCUT2D eigenvalue weighted by atomic mass is 16.5. The van der Waals surface area contributed by atoms with Crippen LogP contribution in [0.25, 0.3) is 0 Å². The molecule has 4 heteroatoms. The molecule has 0 bridgehead atoms. The highest BCUT2D eigenvalue weighted by molar-refractivity contribution is 6.03. The van der Waals surface area contributed by atoms with E-state index in [2.05, 4.69) is 17.4 Å². The van der Waals surface area contributed by atoms with Gasteiger partial charge >= 0.3 is 0 Å². The summed E-state index contributed by atoms with van der Waals surface area (Å²) in [4.78, 5) is 12.3. The van der Waals surface area contributed by atoms with E-state index in [4.69, 9.17) is 4.52 Å². The fraction of sp³-hybridized carbons (Fsp3) is 0.375. The van der Waals surface area contributed by atoms with Crippen molar-refractivity contribution in [3.63, 3.8) is 0 Å². The molecule has 20 heavy (non-hydrogen) atoms. The second-order valence-corrected chi connectivity index (χ2v) is 5.60. The molecule has 0 radical (unpaired) electrons. The van der Waals surface area contributed by atoms with Crippen molar-refractivity contribution in [1.29, 1.82) is 0 Å². The maximum Gasteiger partial charge on any atom is 0.278 e. The predicted octanol–water partition coefficient (Wildman–Crippen LogP) is 3.36. The van der Waals surface area contributed by atoms with Gasteiger partial charge in [-0.05, 0) is 37.8 Å². The molecule has 1 unspecified atom stereocenters. The quantitative estimate of drug-likeness (QED) is 0.910. The molecule has 1 aromatic heterocycles. The van der Waals surface area contributed by atoms with Crippen LogP contribution in [0.15, 0.2) is 28.8 Å². The van der Waals surface area contributed by atoms with E-state index in [0.29, 0.717) is 11.6 Å². The molecular formula is C16H18N2O2. The van der Waals surface area contributed by atoms with E-state index in [1.54, 1.807) is 0 Å². The number of benzene rings is 1. The van der Waals surface area contributed by atoms with Crippen molar-refractivity contribution in [2.45, 2.75) is 33.1 Å². The molecule has 4 nitrogen and oxygen atoms in total. The largest absolute Gasteiger partial charge is 0.360 e. The van der Waals surface area contributed by atoms with Crippen LogP contribution in [0.2, 0.25) is 0 Å². The van der Waals surface area contributed by atoms with E-state index in [0.717, 1.165) is 41.8 Å². The summed E-state index contributed by atoms with van der Waals surface area (Å²) in [5.74, 6) is 1.26. The van der Waals surface area contributed by atoms with Gasteiger partial charge in [0.2, 0.25) is 0 Å². The third kappa shape index (κ3) is 2.46. The number of carbonyl (C=O) groups excluding carboxylic acids is 1. The first-order valence-electron chi connectivity index (χ1n) is 6.99. The Morgan fingerprint density at radius 1 is 1.35 bits per heavy atom. The smallest absolute Gasteiger partial charge is 0.278 e. The van der Waals surface area contributed by atoms with Crippen molar-refractivity contribution in [3.05, 3.63) is 46.8 Å². The van der Waals surface area contributed by atoms with E-state index < -0.39 is 0 Å². The molecule has 1 aromatic carbocycles. The second-order valence-electron chi connectivity index (χ2n) is 5.60. The van der Waals surface area contributed by atoms with Crippen LogP contribution in [0.3, 0.4) is 0 Å². The number of nitrogens with zero attached hydrogens (tertiary/aromatic N) is 1. The van der Waals surface area contributed by atoms with Crippen molar-refractivity contribution in [2.24, 2.45) is 5.92 Å². The lowest BCUT2D eigenvalue weighted by molar-refractivity contribution is 0.101. The molecule has 1 amide bonds. The number of aryl methyl sites for hydroxylation is 2. The molecule has 0 aliphatic heterocycles. The van der Waals surface area contributed by atoms with E-state index in [1.807, 2.05) is 31.2 Å². The molecular weight excluding hydrogens is 252 g/mol. The SMILES string of the molecule is Cc1ccc(NC(=O)c2noc3c2CC(C)CC3)cc1. The number of nitrogens with one attached hydrogen (secondary N) is 1. The number of fused-ring (bicyclic) bond motifs is 1. The first-order chi connectivity index (χ1) is 9.63. The summed E-state index contributed by atoms with van der Waals surface area (Å²) >= 11 is 0. The van der Waals surface area contributed by atoms with Gasteiger partial charge in [0, 0.05) is 17.7 Å². The monoisotopic (exact) mass is 270 g/mol. The molecule has 2 aromatic rings. The minimum Gasteiger partial charge on any atom is -0.360 e. The van der Waals surface area contributed by atoms with Crippen LogP contribution < -0.4 is 5.32 Å². The summed E-state index contributed by atoms with van der Waals surface area (Å²) in [5.41, 5.74) is 3.36. The summed E-state index contributed by atoms with van der Waals surface area (Å²) in [7, 11) is 0. The molecule has 0 fully saturated rings. The Balaban J connectivity index is 1.81. The Morgan fingerprint density at radius 3 is 2.85 bits per heavy atom. The highest BCUT2D eigenvalue weighted by Gasteiger charge is 2.26. The van der Waals surface area contributed by atoms with Gasteiger partial charge in [0.15, 0.2) is 5.69 Å². The second kappa shape index (κ2) is 5.12. The highest BCUT2D eigenvalue weighted by Crippen LogP contribution is 2.28. The maximum absolute atomic E-state index is 12.3. The average Bonchev–Trinajstić information content (AvgIpc) is 2.84. The Bertz CT molecular complexity index is 628. The minimum atomic E-state index is -0.187. The maximum atomic E-state index is 12.3. The average molecular weight is 270 g/mol. The standard InChI is InChI=1S/C16H18N2O2/c1-10-3-6-12(7-4-10)17-16(19)15-13-9-11(2)5-8-14(13)20-18-15/h3-4,6-7,11H,5,8-9H2,1-2H3,(H,17,19). The number of hydrogen-bond donors (Lipinski definition) is 1. The van der Waals surface area contributed by atoms with Gasteiger partial charge in [0.1, 0.15) is 5.76 Å². The summed E-state index contributed by atoms with van der Waals surface area (Å²) in [6.07, 6.45) is 2.85. The molecule has 3 rings (SSSR count). The van der Waals surface area contributed by atoms with Crippen LogP contribution in [0, 0.1) is 12.8 Å². The van der Waals surface area contributed by atoms with Gasteiger partial charge in [-0.3, -0.25) is 4.79 Å². The van der Waals surface area contributed by atoms with Crippen molar-refractivity contribution < 1.29 is 9.32 Å². The summed E-state index contributed by atoms with van der Waals surface area (Å²) in [6, 6.07) is 7.72. The van der Waals surface area contributed by atoms with Gasteiger partial charge in [0.05, 0.1) is 0 Å². The normalized spacial score (nSPS) is 17.6. The molecule has 1 atom stereocenters. The number of rotatable bonds is 2. The summed E-state index contributed by atoms with van der Waals surface area (Å²) in [5, 5.41) is 6.83. The minimum absolute atomic E-state index is 0.187. The van der Waals surface area contributed by atoms with Crippen LogP contribution in [-0.4, -0.2) is 11.1 Å². The molecule has 1 aliphatic rings. The number of amides is 1. The van der Waals surface area contributed by atoms with Gasteiger partial charge < -0.3 is 9.84 Å². The van der Waals surface area contributed by atoms with Gasteiger partial charge in [-0.15, -0.1) is 0 Å². The zero-order valence-electron chi connectivity index (χ0n) is 11.8. The first-order valence-corrected chi connectivity index (χ1v) is 6.99. The van der Waals surface area contributed by atoms with Crippen LogP contribution in [0.5, 0.6) is 0 Å². The fourth-order valence-corrected chi connectivity index (χ4v) is 2.58. The Labute approximate surface area is 118 Å². The first kappa shape index (κ1) is 12.9. The lowest BCUT2D eigenvalue weighted by Crippen LogP contribution is -2.17. The molecule has 104 valence electrons. The zero-order valence-corrected chi connectivity index (χ0v) is 11.8. The summed E-state index contributed by atoms with van der Waals surface area (Å²) in [6.45, 7) is 4.21. The van der Waals surface area contributed by atoms with Crippen LogP contribution in [0.1, 0.15) is 40.7 Å². The third-order valence-electron chi connectivity index (χ3n) is 3.81. The van der Waals surface area contributed by atoms with Gasteiger partial charge in [-0.1, -0.05) is 29.8 Å². The van der Waals surface area contributed by atoms with Crippen LogP contribution in [-0.2, 0) is 12.8 Å². The van der Waals surface area contributed by atoms with Crippen LogP contribution >= 0.6 is 0 Å². The van der Waals surface area contributed by atoms with Crippen molar-refractivity contribution in [1.82, 2.24) is 5.16 Å². The van der Waals surface area contributed by atoms with Gasteiger partial charge in [0.25, 0.3) is 5.91 Å². The molecule has 1 N–H and O–H groups in total. The Kier molecular flexibility index (Phi) is 3.30. The van der Waals surface area contributed by atoms with Crippen molar-refractivity contribution in [2.75, 3.05) is 5.32 Å². The molecule has 0 saturated carbocycles. The lowest BCUT2D eigenvalue weighted by atomic mass is 9.88. The fourth-order valence-electron chi connectivity index (χ4n) is 2.58. The zero-order chi connectivity index (χ0) is 14.1. The lowest BCUT2D eigenvalue weighted by Gasteiger charge is -2.16. The van der Waals surface area contributed by atoms with Crippen LogP contribution in [0.4, 0.5) is 5.69 Å². The van der Waals surface area contributed by atoms with Gasteiger partial charge in [-0.2, -0.15) is 0 Å². The number of anilines is 1. The van der Waals surface area contributed by atoms with E-state index in [1.165, 1.54) is 0 Å².